The van der Waals surface area contributed by atoms with E-state index in [1.54, 1.807) is 12.1 Å². The molecule has 0 amide bonds. The van der Waals surface area contributed by atoms with Crippen molar-refractivity contribution in [3.05, 3.63) is 56.6 Å². The molecule has 2 N–H and O–H groups in total. The van der Waals surface area contributed by atoms with E-state index in [0.717, 1.165) is 0 Å². The molecule has 22 heavy (non-hydrogen) atoms. The third-order valence-electron chi connectivity index (χ3n) is 3.06. The normalized spacial score (nSPS) is 10.7. The van der Waals surface area contributed by atoms with Gasteiger partial charge in [-0.05, 0) is 18.2 Å². The SMILES string of the molecule is Nc1ccc(-c2nc3ccc([N+](=O)[O-])cc3s2)cc1[N+](=O)[O-]. The van der Waals surface area contributed by atoms with Crippen LogP contribution in [-0.2, 0) is 0 Å². The number of nitro benzene ring substituents is 2. The van der Waals surface area contributed by atoms with Crippen LogP contribution in [0.25, 0.3) is 20.8 Å². The number of anilines is 1. The molecule has 0 aliphatic carbocycles. The van der Waals surface area contributed by atoms with Crippen LogP contribution in [0.4, 0.5) is 17.1 Å². The molecule has 3 rings (SSSR count). The molecule has 0 radical (unpaired) electrons. The molecule has 0 aliphatic heterocycles. The molecule has 1 heterocycles. The van der Waals surface area contributed by atoms with Crippen molar-refractivity contribution in [2.45, 2.75) is 0 Å². The number of benzene rings is 2. The van der Waals surface area contributed by atoms with Gasteiger partial charge in [0.05, 0.1) is 20.1 Å². The zero-order chi connectivity index (χ0) is 15.9. The number of fused-ring (bicyclic) bond motifs is 1. The van der Waals surface area contributed by atoms with Crippen LogP contribution in [0.15, 0.2) is 36.4 Å². The van der Waals surface area contributed by atoms with Crippen molar-refractivity contribution < 1.29 is 9.85 Å². The van der Waals surface area contributed by atoms with E-state index in [-0.39, 0.29) is 17.1 Å². The fourth-order valence-corrected chi connectivity index (χ4v) is 2.98. The van der Waals surface area contributed by atoms with Crippen LogP contribution in [-0.4, -0.2) is 14.8 Å². The average molecular weight is 316 g/mol. The number of hydrogen-bond acceptors (Lipinski definition) is 7. The molecule has 3 aromatic rings. The first-order valence-electron chi connectivity index (χ1n) is 6.05. The quantitative estimate of drug-likeness (QED) is 0.448. The number of non-ortho nitro benzene ring substituents is 1. The highest BCUT2D eigenvalue weighted by Gasteiger charge is 2.16. The lowest BCUT2D eigenvalue weighted by Gasteiger charge is -1.99. The third-order valence-corrected chi connectivity index (χ3v) is 4.12. The van der Waals surface area contributed by atoms with Crippen molar-refractivity contribution in [1.29, 1.82) is 0 Å². The molecular formula is C13H8N4O4S. The molecule has 0 saturated heterocycles. The second-order valence-electron chi connectivity index (χ2n) is 4.46. The first-order valence-corrected chi connectivity index (χ1v) is 6.86. The van der Waals surface area contributed by atoms with Gasteiger partial charge in [0.25, 0.3) is 11.4 Å². The summed E-state index contributed by atoms with van der Waals surface area (Å²) in [6, 6.07) is 8.79. The first kappa shape index (κ1) is 13.9. The molecule has 2 aromatic carbocycles. The number of rotatable bonds is 3. The van der Waals surface area contributed by atoms with Crippen LogP contribution in [0.2, 0.25) is 0 Å². The van der Waals surface area contributed by atoms with Gasteiger partial charge in [0.2, 0.25) is 0 Å². The Morgan fingerprint density at radius 3 is 2.50 bits per heavy atom. The molecule has 0 saturated carbocycles. The maximum Gasteiger partial charge on any atom is 0.292 e. The summed E-state index contributed by atoms with van der Waals surface area (Å²) in [5.41, 5.74) is 6.57. The Bertz CT molecular complexity index is 922. The van der Waals surface area contributed by atoms with Crippen molar-refractivity contribution in [2.24, 2.45) is 0 Å². The zero-order valence-corrected chi connectivity index (χ0v) is 11.7. The number of nitro groups is 2. The van der Waals surface area contributed by atoms with Gasteiger partial charge < -0.3 is 5.73 Å². The van der Waals surface area contributed by atoms with Gasteiger partial charge in [0.1, 0.15) is 10.7 Å². The van der Waals surface area contributed by atoms with Crippen molar-refractivity contribution in [3.8, 4) is 10.6 Å². The molecule has 0 fully saturated rings. The highest BCUT2D eigenvalue weighted by molar-refractivity contribution is 7.21. The van der Waals surface area contributed by atoms with Gasteiger partial charge in [-0.1, -0.05) is 0 Å². The minimum absolute atomic E-state index is 0.0222. The van der Waals surface area contributed by atoms with Crippen LogP contribution in [0.5, 0.6) is 0 Å². The van der Waals surface area contributed by atoms with Gasteiger partial charge in [-0.25, -0.2) is 4.98 Å². The van der Waals surface area contributed by atoms with Crippen molar-refractivity contribution in [1.82, 2.24) is 4.98 Å². The fraction of sp³-hybridized carbons (Fsp3) is 0. The summed E-state index contributed by atoms with van der Waals surface area (Å²) >= 11 is 1.23. The predicted octanol–water partition coefficient (Wildman–Crippen LogP) is 3.36. The molecule has 0 unspecified atom stereocenters. The molecule has 9 heteroatoms. The Balaban J connectivity index is 2.12. The maximum atomic E-state index is 10.9. The lowest BCUT2D eigenvalue weighted by Crippen LogP contribution is -1.95. The fourth-order valence-electron chi connectivity index (χ4n) is 1.99. The molecule has 0 atom stereocenters. The summed E-state index contributed by atoms with van der Waals surface area (Å²) in [4.78, 5) is 25.0. The number of nitrogens with zero attached hydrogens (tertiary/aromatic N) is 3. The largest absolute Gasteiger partial charge is 0.393 e. The first-order chi connectivity index (χ1) is 10.5. The molecule has 1 aromatic heterocycles. The second-order valence-corrected chi connectivity index (χ2v) is 5.49. The topological polar surface area (TPSA) is 125 Å². The van der Waals surface area contributed by atoms with Crippen molar-refractivity contribution >= 4 is 38.6 Å². The predicted molar refractivity (Wildman–Crippen MR) is 82.8 cm³/mol. The van der Waals surface area contributed by atoms with Gasteiger partial charge in [-0.3, -0.25) is 20.2 Å². The highest BCUT2D eigenvalue weighted by Crippen LogP contribution is 2.35. The average Bonchev–Trinajstić information content (AvgIpc) is 2.90. The summed E-state index contributed by atoms with van der Waals surface area (Å²) in [7, 11) is 0. The lowest BCUT2D eigenvalue weighted by atomic mass is 10.2. The third kappa shape index (κ3) is 2.33. The minimum Gasteiger partial charge on any atom is -0.393 e. The van der Waals surface area contributed by atoms with E-state index in [2.05, 4.69) is 4.98 Å². The van der Waals surface area contributed by atoms with Gasteiger partial charge in [-0.2, -0.15) is 0 Å². The second kappa shape index (κ2) is 5.04. The molecule has 0 aliphatic rings. The van der Waals surface area contributed by atoms with Crippen molar-refractivity contribution in [2.75, 3.05) is 5.73 Å². The van der Waals surface area contributed by atoms with Crippen molar-refractivity contribution in [3.63, 3.8) is 0 Å². The molecule has 110 valence electrons. The summed E-state index contributed by atoms with van der Waals surface area (Å²) in [6.07, 6.45) is 0. The highest BCUT2D eigenvalue weighted by atomic mass is 32.1. The summed E-state index contributed by atoms with van der Waals surface area (Å²) < 4.78 is 0.642. The molecular weight excluding hydrogens is 308 g/mol. The van der Waals surface area contributed by atoms with Crippen LogP contribution < -0.4 is 5.73 Å². The number of nitrogens with two attached hydrogens (primary N) is 1. The van der Waals surface area contributed by atoms with E-state index in [0.29, 0.717) is 20.8 Å². The van der Waals surface area contributed by atoms with Crippen LogP contribution >= 0.6 is 11.3 Å². The van der Waals surface area contributed by atoms with E-state index in [4.69, 9.17) is 5.73 Å². The summed E-state index contributed by atoms with van der Waals surface area (Å²) in [6.45, 7) is 0. The Morgan fingerprint density at radius 2 is 1.82 bits per heavy atom. The molecule has 8 nitrogen and oxygen atoms in total. The smallest absolute Gasteiger partial charge is 0.292 e. The number of aromatic nitrogens is 1. The minimum atomic E-state index is -0.559. The van der Waals surface area contributed by atoms with E-state index in [1.807, 2.05) is 0 Å². The Kier molecular flexibility index (Phi) is 3.18. The van der Waals surface area contributed by atoms with Crippen LogP contribution in [0.3, 0.4) is 0 Å². The number of thiazole rings is 1. The monoisotopic (exact) mass is 316 g/mol. The van der Waals surface area contributed by atoms with Gasteiger partial charge >= 0.3 is 0 Å². The molecule has 0 spiro atoms. The van der Waals surface area contributed by atoms with E-state index in [9.17, 15) is 20.2 Å². The Labute approximate surface area is 127 Å². The van der Waals surface area contributed by atoms with Gasteiger partial charge in [-0.15, -0.1) is 11.3 Å². The standard InChI is InChI=1S/C13H8N4O4S/c14-9-3-1-7(5-11(9)17(20)21)13-15-10-4-2-8(16(18)19)6-12(10)22-13/h1-6H,14H2. The Morgan fingerprint density at radius 1 is 1.05 bits per heavy atom. The zero-order valence-electron chi connectivity index (χ0n) is 10.9. The van der Waals surface area contributed by atoms with Gasteiger partial charge in [0.15, 0.2) is 0 Å². The molecule has 0 bridgehead atoms. The van der Waals surface area contributed by atoms with E-state index in [1.165, 1.54) is 35.6 Å². The summed E-state index contributed by atoms with van der Waals surface area (Å²) in [5.74, 6) is 0. The number of hydrogen-bond donors (Lipinski definition) is 1. The van der Waals surface area contributed by atoms with Crippen LogP contribution in [0.1, 0.15) is 0 Å². The van der Waals surface area contributed by atoms with Crippen LogP contribution in [0, 0.1) is 20.2 Å². The lowest BCUT2D eigenvalue weighted by molar-refractivity contribution is -0.384. The van der Waals surface area contributed by atoms with E-state index < -0.39 is 9.85 Å². The number of nitrogen functional groups attached to an aromatic ring is 1. The Hall–Kier alpha value is -3.07. The van der Waals surface area contributed by atoms with Gasteiger partial charge in [0, 0.05) is 23.8 Å². The summed E-state index contributed by atoms with van der Waals surface area (Å²) in [5, 5.41) is 22.3. The maximum absolute atomic E-state index is 10.9. The van der Waals surface area contributed by atoms with E-state index >= 15 is 0 Å².